The van der Waals surface area contributed by atoms with E-state index >= 15 is 0 Å². The molecule has 0 bridgehead atoms. The van der Waals surface area contributed by atoms with Crippen LogP contribution in [-0.2, 0) is 0 Å². The summed E-state index contributed by atoms with van der Waals surface area (Å²) in [4.78, 5) is 25.2. The van der Waals surface area contributed by atoms with Gasteiger partial charge in [0.1, 0.15) is 17.4 Å². The molecule has 6 heteroatoms. The Morgan fingerprint density at radius 3 is 2.68 bits per heavy atom. The van der Waals surface area contributed by atoms with Crippen LogP contribution in [0.1, 0.15) is 11.1 Å². The Hall–Kier alpha value is -2.81. The molecule has 0 aliphatic heterocycles. The number of aromatic amines is 1. The molecule has 19 heavy (non-hydrogen) atoms. The predicted octanol–water partition coefficient (Wildman–Crippen LogP) is 0.714. The van der Waals surface area contributed by atoms with Gasteiger partial charge >= 0.3 is 5.69 Å². The number of aromatic nitrogens is 2. The summed E-state index contributed by atoms with van der Waals surface area (Å²) in [5.41, 5.74) is -0.0158. The van der Waals surface area contributed by atoms with E-state index in [1.165, 1.54) is 10.8 Å². The Bertz CT molecular complexity index is 781. The molecule has 0 atom stereocenters. The van der Waals surface area contributed by atoms with E-state index in [0.717, 1.165) is 5.56 Å². The first-order valence-corrected chi connectivity index (χ1v) is 5.48. The number of methoxy groups -OCH3 is 1. The van der Waals surface area contributed by atoms with Crippen LogP contribution in [0.2, 0.25) is 0 Å². The lowest BCUT2D eigenvalue weighted by Crippen LogP contribution is -2.30. The first-order valence-electron chi connectivity index (χ1n) is 5.48. The van der Waals surface area contributed by atoms with Gasteiger partial charge in [0.2, 0.25) is 0 Å². The standard InChI is InChI=1S/C13H11N3O3/c1-8-5-10(19-2)3-4-11(8)16-7-9(6-14)12(17)15-13(16)18/h3-5,7H,1-2H3,(H,15,17,18). The van der Waals surface area contributed by atoms with E-state index in [9.17, 15) is 9.59 Å². The van der Waals surface area contributed by atoms with Gasteiger partial charge in [-0.15, -0.1) is 0 Å². The lowest BCUT2D eigenvalue weighted by Gasteiger charge is -2.10. The second-order valence-corrected chi connectivity index (χ2v) is 3.94. The zero-order valence-corrected chi connectivity index (χ0v) is 10.4. The number of benzene rings is 1. The Morgan fingerprint density at radius 2 is 2.11 bits per heavy atom. The molecule has 0 fully saturated rings. The SMILES string of the molecule is COc1ccc(-n2cc(C#N)c(=O)[nH]c2=O)c(C)c1. The van der Waals surface area contributed by atoms with Gasteiger partial charge in [-0.3, -0.25) is 14.3 Å². The molecule has 1 heterocycles. The molecule has 0 aliphatic carbocycles. The molecular formula is C13H11N3O3. The molecule has 0 saturated carbocycles. The van der Waals surface area contributed by atoms with Crippen LogP contribution < -0.4 is 16.0 Å². The van der Waals surface area contributed by atoms with Crippen molar-refractivity contribution < 1.29 is 4.74 Å². The molecule has 0 radical (unpaired) electrons. The van der Waals surface area contributed by atoms with Crippen molar-refractivity contribution in [2.45, 2.75) is 6.92 Å². The van der Waals surface area contributed by atoms with Crippen LogP contribution in [0.25, 0.3) is 5.69 Å². The van der Waals surface area contributed by atoms with Gasteiger partial charge < -0.3 is 4.74 Å². The summed E-state index contributed by atoms with van der Waals surface area (Å²) in [5.74, 6) is 0.666. The highest BCUT2D eigenvalue weighted by Gasteiger charge is 2.08. The van der Waals surface area contributed by atoms with Crippen LogP contribution >= 0.6 is 0 Å². The van der Waals surface area contributed by atoms with Crippen LogP contribution in [0.5, 0.6) is 5.75 Å². The van der Waals surface area contributed by atoms with Gasteiger partial charge in [0.05, 0.1) is 12.8 Å². The van der Waals surface area contributed by atoms with Crippen LogP contribution in [-0.4, -0.2) is 16.7 Å². The maximum atomic E-state index is 11.8. The minimum atomic E-state index is -0.685. The highest BCUT2D eigenvalue weighted by atomic mass is 16.5. The molecule has 96 valence electrons. The van der Waals surface area contributed by atoms with E-state index in [2.05, 4.69) is 4.98 Å². The second-order valence-electron chi connectivity index (χ2n) is 3.94. The van der Waals surface area contributed by atoms with Gasteiger partial charge in [0.15, 0.2) is 0 Å². The van der Waals surface area contributed by atoms with Crippen LogP contribution in [0.3, 0.4) is 0 Å². The quantitative estimate of drug-likeness (QED) is 0.858. The van der Waals surface area contributed by atoms with E-state index in [0.29, 0.717) is 11.4 Å². The smallest absolute Gasteiger partial charge is 0.332 e. The molecule has 0 aliphatic rings. The zero-order chi connectivity index (χ0) is 14.0. The summed E-state index contributed by atoms with van der Waals surface area (Å²) < 4.78 is 6.31. The molecule has 1 aromatic heterocycles. The minimum absolute atomic E-state index is 0.116. The van der Waals surface area contributed by atoms with Gasteiger partial charge in [-0.1, -0.05) is 0 Å². The number of nitrogens with one attached hydrogen (secondary N) is 1. The number of nitrogens with zero attached hydrogens (tertiary/aromatic N) is 2. The van der Waals surface area contributed by atoms with E-state index in [1.54, 1.807) is 38.3 Å². The average Bonchev–Trinajstić information content (AvgIpc) is 2.39. The molecular weight excluding hydrogens is 246 g/mol. The van der Waals surface area contributed by atoms with Crippen molar-refractivity contribution in [3.63, 3.8) is 0 Å². The van der Waals surface area contributed by atoms with Gasteiger partial charge in [-0.05, 0) is 30.7 Å². The van der Waals surface area contributed by atoms with Gasteiger partial charge in [0.25, 0.3) is 5.56 Å². The normalized spacial score (nSPS) is 9.95. The van der Waals surface area contributed by atoms with Crippen molar-refractivity contribution >= 4 is 0 Å². The minimum Gasteiger partial charge on any atom is -0.497 e. The monoisotopic (exact) mass is 257 g/mol. The third-order valence-electron chi connectivity index (χ3n) is 2.73. The third-order valence-corrected chi connectivity index (χ3v) is 2.73. The van der Waals surface area contributed by atoms with Crippen LogP contribution in [0.4, 0.5) is 0 Å². The Balaban J connectivity index is 2.69. The van der Waals surface area contributed by atoms with Crippen molar-refractivity contribution in [3.8, 4) is 17.5 Å². The molecule has 1 aromatic carbocycles. The number of rotatable bonds is 2. The summed E-state index contributed by atoms with van der Waals surface area (Å²) >= 11 is 0. The molecule has 0 amide bonds. The summed E-state index contributed by atoms with van der Waals surface area (Å²) in [5, 5.41) is 8.83. The number of hydrogen-bond acceptors (Lipinski definition) is 4. The fourth-order valence-electron chi connectivity index (χ4n) is 1.75. The van der Waals surface area contributed by atoms with Crippen molar-refractivity contribution in [3.05, 3.63) is 56.4 Å². The molecule has 0 spiro atoms. The summed E-state index contributed by atoms with van der Waals surface area (Å²) in [6, 6.07) is 6.90. The maximum Gasteiger partial charge on any atom is 0.332 e. The van der Waals surface area contributed by atoms with E-state index < -0.39 is 11.2 Å². The zero-order valence-electron chi connectivity index (χ0n) is 10.4. The molecule has 0 saturated heterocycles. The number of H-pyrrole nitrogens is 1. The first kappa shape index (κ1) is 12.6. The lowest BCUT2D eigenvalue weighted by atomic mass is 10.2. The maximum absolute atomic E-state index is 11.8. The molecule has 1 N–H and O–H groups in total. The number of aryl methyl sites for hydroxylation is 1. The Labute approximate surface area is 108 Å². The van der Waals surface area contributed by atoms with E-state index in [4.69, 9.17) is 10.00 Å². The molecule has 6 nitrogen and oxygen atoms in total. The van der Waals surface area contributed by atoms with Gasteiger partial charge in [0, 0.05) is 6.20 Å². The van der Waals surface area contributed by atoms with Crippen LogP contribution in [0, 0.1) is 18.3 Å². The Morgan fingerprint density at radius 1 is 1.37 bits per heavy atom. The fourth-order valence-corrected chi connectivity index (χ4v) is 1.75. The highest BCUT2D eigenvalue weighted by Crippen LogP contribution is 2.18. The number of nitriles is 1. The molecule has 0 unspecified atom stereocenters. The number of ether oxygens (including phenoxy) is 1. The van der Waals surface area contributed by atoms with Crippen molar-refractivity contribution in [2.75, 3.05) is 7.11 Å². The fraction of sp³-hybridized carbons (Fsp3) is 0.154. The summed E-state index contributed by atoms with van der Waals surface area (Å²) in [7, 11) is 1.55. The van der Waals surface area contributed by atoms with E-state index in [1.807, 2.05) is 0 Å². The topological polar surface area (TPSA) is 87.9 Å². The van der Waals surface area contributed by atoms with Crippen molar-refractivity contribution in [2.24, 2.45) is 0 Å². The number of hydrogen-bond donors (Lipinski definition) is 1. The van der Waals surface area contributed by atoms with Crippen LogP contribution in [0.15, 0.2) is 34.0 Å². The summed E-state index contributed by atoms with van der Waals surface area (Å²) in [6.45, 7) is 1.81. The third kappa shape index (κ3) is 2.26. The molecule has 2 aromatic rings. The van der Waals surface area contributed by atoms with Gasteiger partial charge in [-0.2, -0.15) is 5.26 Å². The highest BCUT2D eigenvalue weighted by molar-refractivity contribution is 5.45. The lowest BCUT2D eigenvalue weighted by molar-refractivity contribution is 0.414. The van der Waals surface area contributed by atoms with Crippen molar-refractivity contribution in [1.29, 1.82) is 5.26 Å². The average molecular weight is 257 g/mol. The van der Waals surface area contributed by atoms with Crippen molar-refractivity contribution in [1.82, 2.24) is 9.55 Å². The largest absolute Gasteiger partial charge is 0.497 e. The van der Waals surface area contributed by atoms with E-state index in [-0.39, 0.29) is 5.56 Å². The van der Waals surface area contributed by atoms with Gasteiger partial charge in [-0.25, -0.2) is 4.79 Å². The molecule has 2 rings (SSSR count). The second kappa shape index (κ2) is 4.82. The first-order chi connectivity index (χ1) is 9.06. The Kier molecular flexibility index (Phi) is 3.21. The predicted molar refractivity (Wildman–Crippen MR) is 68.7 cm³/mol. The summed E-state index contributed by atoms with van der Waals surface area (Å²) in [6.07, 6.45) is 1.23.